The summed E-state index contributed by atoms with van der Waals surface area (Å²) >= 11 is 0. The molecule has 38 heavy (non-hydrogen) atoms. The molecule has 0 aliphatic carbocycles. The van der Waals surface area contributed by atoms with Gasteiger partial charge in [-0.05, 0) is 56.0 Å². The first-order valence-electron chi connectivity index (χ1n) is 12.6. The zero-order chi connectivity index (χ0) is 26.6. The minimum Gasteiger partial charge on any atom is -0.462 e. The maximum Gasteiger partial charge on any atom is 0.341 e. The number of ether oxygens (including phenoxy) is 2. The lowest BCUT2D eigenvalue weighted by atomic mass is 10.1. The van der Waals surface area contributed by atoms with E-state index in [1.807, 2.05) is 43.3 Å². The Bertz CT molecular complexity index is 1680. The molecule has 0 unspecified atom stereocenters. The van der Waals surface area contributed by atoms with Crippen LogP contribution in [-0.4, -0.2) is 45.1 Å². The molecule has 4 aromatic rings. The van der Waals surface area contributed by atoms with Crippen molar-refractivity contribution in [1.82, 2.24) is 14.0 Å². The van der Waals surface area contributed by atoms with Gasteiger partial charge < -0.3 is 14.0 Å². The monoisotopic (exact) mass is 512 g/mol. The molecule has 0 radical (unpaired) electrons. The van der Waals surface area contributed by atoms with Crippen LogP contribution in [0.4, 0.5) is 0 Å². The first-order valence-corrected chi connectivity index (χ1v) is 12.6. The zero-order valence-electron chi connectivity index (χ0n) is 21.3. The van der Waals surface area contributed by atoms with E-state index in [0.29, 0.717) is 17.9 Å². The number of aryl methyl sites for hydroxylation is 1. The van der Waals surface area contributed by atoms with Gasteiger partial charge in [0.15, 0.2) is 5.49 Å². The normalized spacial score (nSPS) is 16.1. The number of esters is 1. The van der Waals surface area contributed by atoms with Gasteiger partial charge in [0.05, 0.1) is 24.6 Å². The lowest BCUT2D eigenvalue weighted by molar-refractivity contribution is -0.113. The van der Waals surface area contributed by atoms with Crippen molar-refractivity contribution in [2.24, 2.45) is 4.99 Å². The van der Waals surface area contributed by atoms with Crippen LogP contribution in [0.15, 0.2) is 70.6 Å². The van der Waals surface area contributed by atoms with Crippen molar-refractivity contribution in [2.45, 2.75) is 39.3 Å². The maximum atomic E-state index is 13.6. The molecule has 0 spiro atoms. The van der Waals surface area contributed by atoms with Gasteiger partial charge in [-0.2, -0.15) is 4.99 Å². The molecule has 1 amide bonds. The molecule has 1 saturated heterocycles. The average molecular weight is 513 g/mol. The molecule has 9 nitrogen and oxygen atoms in total. The summed E-state index contributed by atoms with van der Waals surface area (Å²) in [6.45, 7) is 4.57. The summed E-state index contributed by atoms with van der Waals surface area (Å²) in [6, 6.07) is 14.4. The zero-order valence-corrected chi connectivity index (χ0v) is 21.3. The molecule has 1 aromatic carbocycles. The molecule has 4 heterocycles. The van der Waals surface area contributed by atoms with Crippen LogP contribution < -0.4 is 11.0 Å². The summed E-state index contributed by atoms with van der Waals surface area (Å²) in [5.41, 5.74) is 2.23. The second-order valence-electron chi connectivity index (χ2n) is 9.08. The van der Waals surface area contributed by atoms with Crippen molar-refractivity contribution < 1.29 is 19.1 Å². The summed E-state index contributed by atoms with van der Waals surface area (Å²) in [7, 11) is 0. The van der Waals surface area contributed by atoms with E-state index in [0.717, 1.165) is 24.0 Å². The fourth-order valence-corrected chi connectivity index (χ4v) is 4.60. The van der Waals surface area contributed by atoms with Crippen molar-refractivity contribution in [1.29, 1.82) is 0 Å². The Labute approximate surface area is 218 Å². The predicted octanol–water partition coefficient (Wildman–Crippen LogP) is 3.45. The van der Waals surface area contributed by atoms with Crippen molar-refractivity contribution >= 4 is 34.6 Å². The number of benzene rings is 1. The van der Waals surface area contributed by atoms with Crippen molar-refractivity contribution in [2.75, 3.05) is 13.2 Å². The van der Waals surface area contributed by atoms with Crippen LogP contribution in [0.2, 0.25) is 0 Å². The summed E-state index contributed by atoms with van der Waals surface area (Å²) in [6.07, 6.45) is 6.15. The summed E-state index contributed by atoms with van der Waals surface area (Å²) in [5.74, 6) is -1.24. The minimum atomic E-state index is -0.678. The maximum absolute atomic E-state index is 13.6. The number of carbonyl (C=O) groups excluding carboxylic acids is 2. The number of carbonyl (C=O) groups is 2. The Kier molecular flexibility index (Phi) is 7.28. The first-order chi connectivity index (χ1) is 18.5. The molecule has 0 N–H and O–H groups in total. The van der Waals surface area contributed by atoms with Gasteiger partial charge in [-0.25, -0.2) is 9.78 Å². The van der Waals surface area contributed by atoms with E-state index in [-0.39, 0.29) is 41.3 Å². The van der Waals surface area contributed by atoms with Gasteiger partial charge in [-0.15, -0.1) is 0 Å². The van der Waals surface area contributed by atoms with E-state index in [1.165, 1.54) is 16.5 Å². The highest BCUT2D eigenvalue weighted by Crippen LogP contribution is 2.18. The first kappa shape index (κ1) is 25.3. The van der Waals surface area contributed by atoms with Crippen LogP contribution in [0.3, 0.4) is 0 Å². The smallest absolute Gasteiger partial charge is 0.341 e. The Hall–Kier alpha value is -4.37. The molecule has 1 aliphatic rings. The molecule has 3 aromatic heterocycles. The van der Waals surface area contributed by atoms with E-state index in [1.54, 1.807) is 29.8 Å². The Morgan fingerprint density at radius 3 is 2.74 bits per heavy atom. The Morgan fingerprint density at radius 2 is 2.00 bits per heavy atom. The minimum absolute atomic E-state index is 0.0188. The van der Waals surface area contributed by atoms with Gasteiger partial charge in [0.25, 0.3) is 11.5 Å². The molecule has 0 saturated carbocycles. The Balaban J connectivity index is 1.80. The van der Waals surface area contributed by atoms with Gasteiger partial charge in [-0.1, -0.05) is 36.4 Å². The molecule has 9 heteroatoms. The van der Waals surface area contributed by atoms with Crippen LogP contribution in [0, 0.1) is 6.92 Å². The molecule has 5 rings (SSSR count). The summed E-state index contributed by atoms with van der Waals surface area (Å²) in [5, 5.41) is 0.223. The standard InChI is InChI=1S/C29H28N4O5/c1-3-37-29(36)23-17-22-26(31-25-19(2)9-7-15-32(25)28(22)35)33(18-21-12-8-16-38-21)27(23)30-24(34)14-13-20-10-5-4-6-11-20/h4-7,9-11,13-15,17,21H,3,8,12,16,18H2,1-2H3/b14-13+,30-27?/t21-/m0/s1. The van der Waals surface area contributed by atoms with E-state index >= 15 is 0 Å². The highest BCUT2D eigenvalue weighted by Gasteiger charge is 2.23. The largest absolute Gasteiger partial charge is 0.462 e. The molecular weight excluding hydrogens is 484 g/mol. The predicted molar refractivity (Wildman–Crippen MR) is 143 cm³/mol. The van der Waals surface area contributed by atoms with Gasteiger partial charge in [0, 0.05) is 18.9 Å². The number of pyridine rings is 2. The molecule has 1 fully saturated rings. The number of amides is 1. The van der Waals surface area contributed by atoms with Crippen LogP contribution in [0.1, 0.15) is 41.3 Å². The molecule has 1 atom stereocenters. The second-order valence-corrected chi connectivity index (χ2v) is 9.08. The highest BCUT2D eigenvalue weighted by molar-refractivity contribution is 5.96. The number of nitrogens with zero attached hydrogens (tertiary/aromatic N) is 4. The lowest BCUT2D eigenvalue weighted by Gasteiger charge is -2.18. The third-order valence-electron chi connectivity index (χ3n) is 6.44. The molecule has 0 bridgehead atoms. The number of fused-ring (bicyclic) bond motifs is 2. The second kappa shape index (κ2) is 10.9. The number of aromatic nitrogens is 3. The van der Waals surface area contributed by atoms with Crippen molar-refractivity contribution in [3.63, 3.8) is 0 Å². The average Bonchev–Trinajstić information content (AvgIpc) is 3.43. The molecule has 1 aliphatic heterocycles. The van der Waals surface area contributed by atoms with Crippen molar-refractivity contribution in [3.05, 3.63) is 93.3 Å². The van der Waals surface area contributed by atoms with E-state index in [9.17, 15) is 14.4 Å². The molecular formula is C29H28N4O5. The summed E-state index contributed by atoms with van der Waals surface area (Å²) < 4.78 is 14.3. The van der Waals surface area contributed by atoms with Gasteiger partial charge in [0.2, 0.25) is 0 Å². The van der Waals surface area contributed by atoms with E-state index in [4.69, 9.17) is 14.5 Å². The van der Waals surface area contributed by atoms with Gasteiger partial charge in [0.1, 0.15) is 16.9 Å². The van der Waals surface area contributed by atoms with Crippen molar-refractivity contribution in [3.8, 4) is 0 Å². The third kappa shape index (κ3) is 5.05. The topological polar surface area (TPSA) is 104 Å². The van der Waals surface area contributed by atoms with Crippen LogP contribution in [0.5, 0.6) is 0 Å². The SMILES string of the molecule is CCOC(=O)c1cc2c(=O)n3cccc(C)c3nc2n(C[C@@H]2CCCO2)c1=NC(=O)/C=C/c1ccccc1. The lowest BCUT2D eigenvalue weighted by Crippen LogP contribution is -2.35. The van der Waals surface area contributed by atoms with Gasteiger partial charge >= 0.3 is 5.97 Å². The summed E-state index contributed by atoms with van der Waals surface area (Å²) in [4.78, 5) is 48.9. The fourth-order valence-electron chi connectivity index (χ4n) is 4.60. The van der Waals surface area contributed by atoms with E-state index < -0.39 is 11.9 Å². The van der Waals surface area contributed by atoms with Gasteiger partial charge in [-0.3, -0.25) is 14.0 Å². The number of hydrogen-bond acceptors (Lipinski definition) is 6. The number of rotatable bonds is 6. The van der Waals surface area contributed by atoms with Crippen LogP contribution >= 0.6 is 0 Å². The quantitative estimate of drug-likeness (QED) is 0.223. The molecule has 194 valence electrons. The van der Waals surface area contributed by atoms with E-state index in [2.05, 4.69) is 4.99 Å². The van der Waals surface area contributed by atoms with Crippen LogP contribution in [0.25, 0.3) is 22.8 Å². The highest BCUT2D eigenvalue weighted by atomic mass is 16.5. The fraction of sp³-hybridized carbons (Fsp3) is 0.276. The third-order valence-corrected chi connectivity index (χ3v) is 6.44. The van der Waals surface area contributed by atoms with Crippen LogP contribution in [-0.2, 0) is 20.8 Å². The number of hydrogen-bond donors (Lipinski definition) is 0. The Morgan fingerprint density at radius 1 is 1.18 bits per heavy atom.